The maximum absolute atomic E-state index is 12.1. The molecule has 9 heteroatoms. The largest absolute Gasteiger partial charge is 0.471 e. The van der Waals surface area contributed by atoms with E-state index in [-0.39, 0.29) is 23.6 Å². The second-order valence-electron chi connectivity index (χ2n) is 5.01. The lowest BCUT2D eigenvalue weighted by Gasteiger charge is -2.12. The molecular weight excluding hydrogens is 324 g/mol. The van der Waals surface area contributed by atoms with Crippen LogP contribution in [0, 0.1) is 6.92 Å². The molecule has 0 bridgehead atoms. The van der Waals surface area contributed by atoms with Gasteiger partial charge in [-0.2, -0.15) is 0 Å². The highest BCUT2D eigenvalue weighted by Crippen LogP contribution is 2.25. The van der Waals surface area contributed by atoms with E-state index in [4.69, 9.17) is 25.5 Å². The van der Waals surface area contributed by atoms with E-state index in [0.717, 1.165) is 6.42 Å². The van der Waals surface area contributed by atoms with Crippen LogP contribution in [0.4, 0.5) is 0 Å². The minimum atomic E-state index is -0.342. The van der Waals surface area contributed by atoms with Crippen LogP contribution in [0.2, 0.25) is 5.02 Å². The number of amides is 1. The van der Waals surface area contributed by atoms with Gasteiger partial charge in [0.25, 0.3) is 5.91 Å². The van der Waals surface area contributed by atoms with E-state index >= 15 is 0 Å². The molecule has 0 saturated carbocycles. The van der Waals surface area contributed by atoms with Crippen molar-refractivity contribution in [1.82, 2.24) is 20.5 Å². The minimum Gasteiger partial charge on any atom is -0.471 e. The van der Waals surface area contributed by atoms with Crippen LogP contribution in [0.1, 0.15) is 28.6 Å². The SMILES string of the molecule is Cc1nnc(CNC(=O)c2cnc(O[C@H]3CCOC3)c(Cl)c2)o1. The Morgan fingerprint density at radius 1 is 1.52 bits per heavy atom. The third-order valence-electron chi connectivity index (χ3n) is 3.20. The first-order valence-corrected chi connectivity index (χ1v) is 7.47. The zero-order valence-electron chi connectivity index (χ0n) is 12.4. The van der Waals surface area contributed by atoms with Gasteiger partial charge in [0.05, 0.1) is 25.3 Å². The van der Waals surface area contributed by atoms with Crippen molar-refractivity contribution < 1.29 is 18.7 Å². The van der Waals surface area contributed by atoms with Gasteiger partial charge in [-0.1, -0.05) is 11.6 Å². The quantitative estimate of drug-likeness (QED) is 0.882. The first-order valence-electron chi connectivity index (χ1n) is 7.09. The first-order chi connectivity index (χ1) is 11.1. The number of nitrogens with zero attached hydrogens (tertiary/aromatic N) is 3. The van der Waals surface area contributed by atoms with Crippen LogP contribution >= 0.6 is 11.6 Å². The van der Waals surface area contributed by atoms with Gasteiger partial charge in [-0.15, -0.1) is 10.2 Å². The molecule has 0 radical (unpaired) electrons. The fraction of sp³-hybridized carbons (Fsp3) is 0.429. The number of ether oxygens (including phenoxy) is 2. The second-order valence-corrected chi connectivity index (χ2v) is 5.42. The normalized spacial score (nSPS) is 17.2. The van der Waals surface area contributed by atoms with Crippen molar-refractivity contribution >= 4 is 17.5 Å². The van der Waals surface area contributed by atoms with Gasteiger partial charge < -0.3 is 19.2 Å². The second kappa shape index (κ2) is 6.93. The maximum Gasteiger partial charge on any atom is 0.253 e. The number of aromatic nitrogens is 3. The van der Waals surface area contributed by atoms with Gasteiger partial charge in [-0.3, -0.25) is 4.79 Å². The van der Waals surface area contributed by atoms with Crippen LogP contribution in [0.5, 0.6) is 5.88 Å². The molecule has 1 aliphatic heterocycles. The molecule has 0 aromatic carbocycles. The fourth-order valence-corrected chi connectivity index (χ4v) is 2.28. The van der Waals surface area contributed by atoms with Gasteiger partial charge in [-0.05, 0) is 6.07 Å². The Morgan fingerprint density at radius 2 is 2.39 bits per heavy atom. The lowest BCUT2D eigenvalue weighted by molar-refractivity contribution is 0.0946. The van der Waals surface area contributed by atoms with Gasteiger partial charge in [0.1, 0.15) is 11.1 Å². The number of hydrogen-bond acceptors (Lipinski definition) is 7. The average molecular weight is 339 g/mol. The van der Waals surface area contributed by atoms with Crippen LogP contribution < -0.4 is 10.1 Å². The summed E-state index contributed by atoms with van der Waals surface area (Å²) < 4.78 is 16.0. The van der Waals surface area contributed by atoms with Crippen molar-refractivity contribution in [3.05, 3.63) is 34.6 Å². The molecular formula is C14H15ClN4O4. The molecule has 23 heavy (non-hydrogen) atoms. The van der Waals surface area contributed by atoms with Crippen molar-refractivity contribution in [2.75, 3.05) is 13.2 Å². The van der Waals surface area contributed by atoms with E-state index in [1.165, 1.54) is 12.3 Å². The molecule has 3 rings (SSSR count). The van der Waals surface area contributed by atoms with Crippen molar-refractivity contribution in [2.45, 2.75) is 26.0 Å². The first kappa shape index (κ1) is 15.7. The van der Waals surface area contributed by atoms with Gasteiger partial charge in [-0.25, -0.2) is 4.98 Å². The average Bonchev–Trinajstić information content (AvgIpc) is 3.18. The lowest BCUT2D eigenvalue weighted by atomic mass is 10.2. The number of rotatable bonds is 5. The zero-order chi connectivity index (χ0) is 16.2. The smallest absolute Gasteiger partial charge is 0.253 e. The monoisotopic (exact) mass is 338 g/mol. The standard InChI is InChI=1S/C14H15ClN4O4/c1-8-18-19-12(22-8)6-16-13(20)9-4-11(15)14(17-5-9)23-10-2-3-21-7-10/h4-5,10H,2-3,6-7H2,1H3,(H,16,20)/t10-/m0/s1. The predicted octanol–water partition coefficient (Wildman–Crippen LogP) is 1.52. The number of pyridine rings is 1. The summed E-state index contributed by atoms with van der Waals surface area (Å²) in [5, 5.41) is 10.4. The molecule has 122 valence electrons. The highest BCUT2D eigenvalue weighted by molar-refractivity contribution is 6.32. The van der Waals surface area contributed by atoms with E-state index in [2.05, 4.69) is 20.5 Å². The zero-order valence-corrected chi connectivity index (χ0v) is 13.2. The van der Waals surface area contributed by atoms with E-state index in [1.807, 2.05) is 0 Å². The number of hydrogen-bond donors (Lipinski definition) is 1. The highest BCUT2D eigenvalue weighted by atomic mass is 35.5. The molecule has 1 aliphatic rings. The molecule has 1 saturated heterocycles. The highest BCUT2D eigenvalue weighted by Gasteiger charge is 2.20. The summed E-state index contributed by atoms with van der Waals surface area (Å²) in [5.41, 5.74) is 0.321. The van der Waals surface area contributed by atoms with Crippen molar-refractivity contribution in [1.29, 1.82) is 0 Å². The van der Waals surface area contributed by atoms with E-state index in [0.29, 0.717) is 36.4 Å². The Bertz CT molecular complexity index is 700. The van der Waals surface area contributed by atoms with Crippen molar-refractivity contribution in [3.63, 3.8) is 0 Å². The molecule has 1 N–H and O–H groups in total. The summed E-state index contributed by atoms with van der Waals surface area (Å²) in [5.74, 6) is 0.727. The number of carbonyl (C=O) groups excluding carboxylic acids is 1. The number of nitrogens with one attached hydrogen (secondary N) is 1. The molecule has 1 atom stereocenters. The van der Waals surface area contributed by atoms with E-state index in [1.54, 1.807) is 6.92 Å². The van der Waals surface area contributed by atoms with Crippen LogP contribution in [0.3, 0.4) is 0 Å². The maximum atomic E-state index is 12.1. The topological polar surface area (TPSA) is 99.4 Å². The Balaban J connectivity index is 1.60. The van der Waals surface area contributed by atoms with Crippen LogP contribution in [-0.4, -0.2) is 40.4 Å². The summed E-state index contributed by atoms with van der Waals surface area (Å²) in [6, 6.07) is 1.51. The lowest BCUT2D eigenvalue weighted by Crippen LogP contribution is -2.23. The van der Waals surface area contributed by atoms with Gasteiger partial charge >= 0.3 is 0 Å². The Hall–Kier alpha value is -2.19. The molecule has 2 aromatic heterocycles. The number of carbonyl (C=O) groups is 1. The Kier molecular flexibility index (Phi) is 4.73. The fourth-order valence-electron chi connectivity index (χ4n) is 2.07. The van der Waals surface area contributed by atoms with Crippen molar-refractivity contribution in [2.24, 2.45) is 0 Å². The summed E-state index contributed by atoms with van der Waals surface area (Å²) in [6.07, 6.45) is 2.15. The molecule has 0 spiro atoms. The van der Waals surface area contributed by atoms with Gasteiger partial charge in [0.15, 0.2) is 0 Å². The Labute approximate surface area is 137 Å². The molecule has 1 amide bonds. The van der Waals surface area contributed by atoms with Crippen LogP contribution in [-0.2, 0) is 11.3 Å². The van der Waals surface area contributed by atoms with Crippen molar-refractivity contribution in [3.8, 4) is 5.88 Å². The molecule has 3 heterocycles. The third kappa shape index (κ3) is 3.96. The summed E-state index contributed by atoms with van der Waals surface area (Å²) in [7, 11) is 0. The Morgan fingerprint density at radius 3 is 3.04 bits per heavy atom. The summed E-state index contributed by atoms with van der Waals surface area (Å²) in [4.78, 5) is 16.2. The predicted molar refractivity (Wildman–Crippen MR) is 79.3 cm³/mol. The molecule has 0 unspecified atom stereocenters. The van der Waals surface area contributed by atoms with Gasteiger partial charge in [0.2, 0.25) is 17.7 Å². The molecule has 0 aliphatic carbocycles. The molecule has 1 fully saturated rings. The number of aryl methyl sites for hydroxylation is 1. The van der Waals surface area contributed by atoms with E-state index < -0.39 is 0 Å². The van der Waals surface area contributed by atoms with E-state index in [9.17, 15) is 4.79 Å². The summed E-state index contributed by atoms with van der Waals surface area (Å²) >= 11 is 6.12. The summed E-state index contributed by atoms with van der Waals surface area (Å²) in [6.45, 7) is 2.99. The molecule has 8 nitrogen and oxygen atoms in total. The van der Waals surface area contributed by atoms with Crippen LogP contribution in [0.15, 0.2) is 16.7 Å². The molecule has 2 aromatic rings. The number of halogens is 1. The minimum absolute atomic E-state index is 0.0551. The van der Waals surface area contributed by atoms with Crippen LogP contribution in [0.25, 0.3) is 0 Å². The third-order valence-corrected chi connectivity index (χ3v) is 3.47. The van der Waals surface area contributed by atoms with Gasteiger partial charge in [0, 0.05) is 19.5 Å².